The first-order chi connectivity index (χ1) is 12.5. The SMILES string of the molecule is CCOc1ccc(C(C)NC(=O)COc2cc(OC)cc(OC)c2)cc1. The zero-order valence-electron chi connectivity index (χ0n) is 15.6. The van der Waals surface area contributed by atoms with Crippen molar-refractivity contribution in [2.24, 2.45) is 0 Å². The van der Waals surface area contributed by atoms with Crippen LogP contribution in [0.2, 0.25) is 0 Å². The third-order valence-electron chi connectivity index (χ3n) is 3.76. The molecule has 0 saturated carbocycles. The number of hydrogen-bond donors (Lipinski definition) is 1. The minimum atomic E-state index is -0.215. The third-order valence-corrected chi connectivity index (χ3v) is 3.76. The molecule has 1 atom stereocenters. The Morgan fingerprint density at radius 1 is 0.923 bits per heavy atom. The Bertz CT molecular complexity index is 692. The average molecular weight is 359 g/mol. The Labute approximate surface area is 154 Å². The standard InChI is InChI=1S/C20H25NO5/c1-5-25-16-8-6-15(7-9-16)14(2)21-20(22)13-26-19-11-17(23-3)10-18(12-19)24-4/h6-12,14H,5,13H2,1-4H3,(H,21,22). The van der Waals surface area contributed by atoms with Gasteiger partial charge in [0.25, 0.3) is 5.91 Å². The Morgan fingerprint density at radius 3 is 2.04 bits per heavy atom. The van der Waals surface area contributed by atoms with Crippen LogP contribution in [0.3, 0.4) is 0 Å². The molecule has 1 N–H and O–H groups in total. The van der Waals surface area contributed by atoms with Gasteiger partial charge in [0.05, 0.1) is 26.9 Å². The maximum Gasteiger partial charge on any atom is 0.258 e. The van der Waals surface area contributed by atoms with Gasteiger partial charge < -0.3 is 24.3 Å². The van der Waals surface area contributed by atoms with Crippen molar-refractivity contribution >= 4 is 5.91 Å². The predicted molar refractivity (Wildman–Crippen MR) is 99.2 cm³/mol. The van der Waals surface area contributed by atoms with Gasteiger partial charge >= 0.3 is 0 Å². The Balaban J connectivity index is 1.90. The second kappa shape index (κ2) is 9.56. The first-order valence-electron chi connectivity index (χ1n) is 8.43. The molecule has 1 amide bonds. The van der Waals surface area contributed by atoms with Crippen LogP contribution < -0.4 is 24.3 Å². The van der Waals surface area contributed by atoms with Crippen molar-refractivity contribution in [3.63, 3.8) is 0 Å². The van der Waals surface area contributed by atoms with Crippen molar-refractivity contribution in [3.8, 4) is 23.0 Å². The molecular formula is C20H25NO5. The molecule has 2 aromatic rings. The largest absolute Gasteiger partial charge is 0.496 e. The summed E-state index contributed by atoms with van der Waals surface area (Å²) in [5.74, 6) is 2.30. The lowest BCUT2D eigenvalue weighted by Gasteiger charge is -2.16. The normalized spacial score (nSPS) is 11.4. The van der Waals surface area contributed by atoms with Gasteiger partial charge in [-0.25, -0.2) is 0 Å². The van der Waals surface area contributed by atoms with Crippen LogP contribution in [0.5, 0.6) is 23.0 Å². The summed E-state index contributed by atoms with van der Waals surface area (Å²) in [7, 11) is 3.12. The summed E-state index contributed by atoms with van der Waals surface area (Å²) in [5.41, 5.74) is 0.991. The van der Waals surface area contributed by atoms with E-state index in [0.29, 0.717) is 23.9 Å². The summed E-state index contributed by atoms with van der Waals surface area (Å²) in [5, 5.41) is 2.91. The van der Waals surface area contributed by atoms with Crippen molar-refractivity contribution in [3.05, 3.63) is 48.0 Å². The van der Waals surface area contributed by atoms with Crippen LogP contribution in [0.15, 0.2) is 42.5 Å². The highest BCUT2D eigenvalue weighted by atomic mass is 16.5. The summed E-state index contributed by atoms with van der Waals surface area (Å²) >= 11 is 0. The van der Waals surface area contributed by atoms with Crippen LogP contribution in [0.25, 0.3) is 0 Å². The van der Waals surface area contributed by atoms with Crippen molar-refractivity contribution in [1.29, 1.82) is 0 Å². The maximum atomic E-state index is 12.2. The average Bonchev–Trinajstić information content (AvgIpc) is 2.66. The Hall–Kier alpha value is -2.89. The zero-order chi connectivity index (χ0) is 18.9. The van der Waals surface area contributed by atoms with E-state index in [1.807, 2.05) is 38.1 Å². The van der Waals surface area contributed by atoms with Crippen molar-refractivity contribution in [2.45, 2.75) is 19.9 Å². The summed E-state index contributed by atoms with van der Waals surface area (Å²) in [6, 6.07) is 12.6. The van der Waals surface area contributed by atoms with E-state index in [2.05, 4.69) is 5.32 Å². The predicted octanol–water partition coefficient (Wildman–Crippen LogP) is 3.36. The third kappa shape index (κ3) is 5.58. The van der Waals surface area contributed by atoms with Crippen LogP contribution in [0, 0.1) is 0 Å². The molecule has 6 nitrogen and oxygen atoms in total. The summed E-state index contributed by atoms with van der Waals surface area (Å²) in [6.07, 6.45) is 0. The number of benzene rings is 2. The van der Waals surface area contributed by atoms with Crippen LogP contribution in [0.1, 0.15) is 25.5 Å². The van der Waals surface area contributed by atoms with Gasteiger partial charge in [-0.2, -0.15) is 0 Å². The van der Waals surface area contributed by atoms with Crippen LogP contribution >= 0.6 is 0 Å². The van der Waals surface area contributed by atoms with E-state index >= 15 is 0 Å². The fourth-order valence-corrected chi connectivity index (χ4v) is 2.40. The van der Waals surface area contributed by atoms with Gasteiger partial charge in [0.15, 0.2) is 6.61 Å². The first kappa shape index (κ1) is 19.4. The molecule has 0 aliphatic carbocycles. The number of methoxy groups -OCH3 is 2. The Morgan fingerprint density at radius 2 is 1.50 bits per heavy atom. The van der Waals surface area contributed by atoms with Crippen LogP contribution in [-0.2, 0) is 4.79 Å². The van der Waals surface area contributed by atoms with Crippen LogP contribution in [-0.4, -0.2) is 33.3 Å². The van der Waals surface area contributed by atoms with Gasteiger partial charge in [-0.15, -0.1) is 0 Å². The summed E-state index contributed by atoms with van der Waals surface area (Å²) in [6.45, 7) is 4.38. The van der Waals surface area contributed by atoms with Crippen molar-refractivity contribution < 1.29 is 23.7 Å². The van der Waals surface area contributed by atoms with E-state index in [1.54, 1.807) is 32.4 Å². The number of carbonyl (C=O) groups excluding carboxylic acids is 1. The molecule has 140 valence electrons. The number of nitrogens with one attached hydrogen (secondary N) is 1. The number of amides is 1. The lowest BCUT2D eigenvalue weighted by Crippen LogP contribution is -2.31. The topological polar surface area (TPSA) is 66.0 Å². The maximum absolute atomic E-state index is 12.2. The minimum absolute atomic E-state index is 0.0995. The number of ether oxygens (including phenoxy) is 4. The van der Waals surface area contributed by atoms with E-state index in [1.165, 1.54) is 0 Å². The van der Waals surface area contributed by atoms with E-state index < -0.39 is 0 Å². The molecule has 2 aromatic carbocycles. The number of rotatable bonds is 9. The highest BCUT2D eigenvalue weighted by Crippen LogP contribution is 2.27. The van der Waals surface area contributed by atoms with Gasteiger partial charge in [0.1, 0.15) is 23.0 Å². The zero-order valence-corrected chi connectivity index (χ0v) is 15.6. The molecule has 0 bridgehead atoms. The molecule has 0 aliphatic rings. The Kier molecular flexibility index (Phi) is 7.14. The summed E-state index contributed by atoms with van der Waals surface area (Å²) < 4.78 is 21.3. The monoisotopic (exact) mass is 359 g/mol. The molecule has 0 spiro atoms. The van der Waals surface area contributed by atoms with E-state index in [4.69, 9.17) is 18.9 Å². The number of carbonyl (C=O) groups is 1. The second-order valence-corrected chi connectivity index (χ2v) is 5.63. The summed E-state index contributed by atoms with van der Waals surface area (Å²) in [4.78, 5) is 12.2. The lowest BCUT2D eigenvalue weighted by molar-refractivity contribution is -0.123. The molecule has 0 fully saturated rings. The van der Waals surface area contributed by atoms with E-state index in [0.717, 1.165) is 11.3 Å². The molecule has 0 aliphatic heterocycles. The molecule has 2 rings (SSSR count). The van der Waals surface area contributed by atoms with Gasteiger partial charge in [-0.05, 0) is 31.5 Å². The molecular weight excluding hydrogens is 334 g/mol. The van der Waals surface area contributed by atoms with Crippen molar-refractivity contribution in [2.75, 3.05) is 27.4 Å². The van der Waals surface area contributed by atoms with Gasteiger partial charge in [-0.1, -0.05) is 12.1 Å². The fraction of sp³-hybridized carbons (Fsp3) is 0.350. The van der Waals surface area contributed by atoms with Gasteiger partial charge in [0, 0.05) is 18.2 Å². The van der Waals surface area contributed by atoms with Crippen molar-refractivity contribution in [1.82, 2.24) is 5.32 Å². The smallest absolute Gasteiger partial charge is 0.258 e. The quantitative estimate of drug-likeness (QED) is 0.744. The minimum Gasteiger partial charge on any atom is -0.496 e. The lowest BCUT2D eigenvalue weighted by atomic mass is 10.1. The highest BCUT2D eigenvalue weighted by molar-refractivity contribution is 5.78. The second-order valence-electron chi connectivity index (χ2n) is 5.63. The van der Waals surface area contributed by atoms with Gasteiger partial charge in [-0.3, -0.25) is 4.79 Å². The first-order valence-corrected chi connectivity index (χ1v) is 8.43. The molecule has 26 heavy (non-hydrogen) atoms. The molecule has 1 unspecified atom stereocenters. The molecule has 6 heteroatoms. The fourth-order valence-electron chi connectivity index (χ4n) is 2.40. The molecule has 0 aromatic heterocycles. The number of hydrogen-bond acceptors (Lipinski definition) is 5. The molecule has 0 saturated heterocycles. The van der Waals surface area contributed by atoms with E-state index in [-0.39, 0.29) is 18.6 Å². The van der Waals surface area contributed by atoms with E-state index in [9.17, 15) is 4.79 Å². The molecule has 0 radical (unpaired) electrons. The molecule has 0 heterocycles. The highest BCUT2D eigenvalue weighted by Gasteiger charge is 2.11. The van der Waals surface area contributed by atoms with Gasteiger partial charge in [0.2, 0.25) is 0 Å². The van der Waals surface area contributed by atoms with Crippen LogP contribution in [0.4, 0.5) is 0 Å².